The second-order valence-electron chi connectivity index (χ2n) is 5.29. The Hall–Kier alpha value is -2.08. The Balaban J connectivity index is 2.07. The second-order valence-corrected chi connectivity index (χ2v) is 5.29. The average Bonchev–Trinajstić information content (AvgIpc) is 2.81. The summed E-state index contributed by atoms with van der Waals surface area (Å²) in [4.78, 5) is 20.4. The number of aromatic nitrogens is 2. The number of likely N-dealkylation sites (N-methyl/N-ethyl adjacent to an activating group) is 1. The minimum Gasteiger partial charge on any atom is -0.476 e. The first-order valence-electron chi connectivity index (χ1n) is 6.73. The summed E-state index contributed by atoms with van der Waals surface area (Å²) in [5.74, 6) is -0.367. The average molecular weight is 274 g/mol. The van der Waals surface area contributed by atoms with Crippen LogP contribution in [-0.2, 0) is 0 Å². The molecule has 2 aromatic rings. The molecule has 3 heterocycles. The molecule has 1 saturated heterocycles. The number of aromatic carboxylic acids is 1. The Kier molecular flexibility index (Phi) is 3.10. The number of fused-ring (bicyclic) bond motifs is 1. The molecule has 0 bridgehead atoms. The number of carboxylic acids is 1. The van der Waals surface area contributed by atoms with Crippen LogP contribution in [0.2, 0.25) is 0 Å². The largest absolute Gasteiger partial charge is 0.476 e. The van der Waals surface area contributed by atoms with Crippen LogP contribution in [0.1, 0.15) is 17.4 Å². The smallest absolute Gasteiger partial charge is 0.356 e. The topological polar surface area (TPSA) is 61.1 Å². The molecule has 6 heteroatoms. The first kappa shape index (κ1) is 12.9. The van der Waals surface area contributed by atoms with Gasteiger partial charge in [0.15, 0.2) is 11.5 Å². The first-order chi connectivity index (χ1) is 9.58. The Labute approximate surface area is 117 Å². The van der Waals surface area contributed by atoms with Gasteiger partial charge in [0, 0.05) is 31.9 Å². The quantitative estimate of drug-likeness (QED) is 0.891. The first-order valence-corrected chi connectivity index (χ1v) is 6.73. The maximum Gasteiger partial charge on any atom is 0.356 e. The number of piperazine rings is 1. The lowest BCUT2D eigenvalue weighted by Crippen LogP contribution is -2.50. The van der Waals surface area contributed by atoms with Crippen LogP contribution >= 0.6 is 0 Å². The Bertz CT molecular complexity index is 652. The van der Waals surface area contributed by atoms with E-state index in [1.165, 1.54) is 0 Å². The SMILES string of the molecule is CC1CN(c2nc3ccccn3c2C(=O)O)CCN1C. The highest BCUT2D eigenvalue weighted by Gasteiger charge is 2.27. The molecule has 106 valence electrons. The van der Waals surface area contributed by atoms with Crippen molar-refractivity contribution in [2.45, 2.75) is 13.0 Å². The summed E-state index contributed by atoms with van der Waals surface area (Å²) >= 11 is 0. The van der Waals surface area contributed by atoms with Gasteiger partial charge < -0.3 is 14.9 Å². The van der Waals surface area contributed by atoms with Crippen LogP contribution < -0.4 is 4.90 Å². The van der Waals surface area contributed by atoms with E-state index in [4.69, 9.17) is 0 Å². The van der Waals surface area contributed by atoms with E-state index in [0.29, 0.717) is 17.5 Å². The molecule has 1 unspecified atom stereocenters. The van der Waals surface area contributed by atoms with E-state index >= 15 is 0 Å². The predicted molar refractivity (Wildman–Crippen MR) is 76.5 cm³/mol. The third-order valence-corrected chi connectivity index (χ3v) is 3.97. The van der Waals surface area contributed by atoms with E-state index < -0.39 is 5.97 Å². The summed E-state index contributed by atoms with van der Waals surface area (Å²) in [5.41, 5.74) is 0.920. The summed E-state index contributed by atoms with van der Waals surface area (Å²) in [6, 6.07) is 5.90. The third kappa shape index (κ3) is 2.02. The summed E-state index contributed by atoms with van der Waals surface area (Å²) in [6.07, 6.45) is 1.74. The number of hydrogen-bond acceptors (Lipinski definition) is 4. The lowest BCUT2D eigenvalue weighted by atomic mass is 10.2. The Morgan fingerprint density at radius 1 is 1.40 bits per heavy atom. The molecule has 0 saturated carbocycles. The Morgan fingerprint density at radius 3 is 2.90 bits per heavy atom. The van der Waals surface area contributed by atoms with Crippen molar-refractivity contribution in [3.63, 3.8) is 0 Å². The number of nitrogens with zero attached hydrogens (tertiary/aromatic N) is 4. The number of carbonyl (C=O) groups is 1. The molecule has 20 heavy (non-hydrogen) atoms. The van der Waals surface area contributed by atoms with Crippen molar-refractivity contribution in [2.75, 3.05) is 31.6 Å². The van der Waals surface area contributed by atoms with Crippen molar-refractivity contribution in [3.8, 4) is 0 Å². The molecule has 6 nitrogen and oxygen atoms in total. The molecule has 0 aliphatic carbocycles. The summed E-state index contributed by atoms with van der Waals surface area (Å²) in [5, 5.41) is 9.50. The maximum absolute atomic E-state index is 11.6. The van der Waals surface area contributed by atoms with Gasteiger partial charge in [-0.05, 0) is 26.1 Å². The lowest BCUT2D eigenvalue weighted by molar-refractivity contribution is 0.0689. The van der Waals surface area contributed by atoms with Crippen LogP contribution in [0.15, 0.2) is 24.4 Å². The van der Waals surface area contributed by atoms with E-state index in [0.717, 1.165) is 19.6 Å². The number of anilines is 1. The summed E-state index contributed by atoms with van der Waals surface area (Å²) in [7, 11) is 2.09. The van der Waals surface area contributed by atoms with Gasteiger partial charge in [-0.25, -0.2) is 9.78 Å². The van der Waals surface area contributed by atoms with Gasteiger partial charge in [0.2, 0.25) is 0 Å². The van der Waals surface area contributed by atoms with Crippen LogP contribution in [-0.4, -0.2) is 58.1 Å². The molecule has 1 aliphatic heterocycles. The molecule has 0 spiro atoms. The van der Waals surface area contributed by atoms with Gasteiger partial charge in [-0.15, -0.1) is 0 Å². The minimum absolute atomic E-state index is 0.248. The molecule has 1 atom stereocenters. The van der Waals surface area contributed by atoms with Gasteiger partial charge in [0.05, 0.1) is 0 Å². The van der Waals surface area contributed by atoms with E-state index in [2.05, 4.69) is 28.8 Å². The zero-order chi connectivity index (χ0) is 14.3. The van der Waals surface area contributed by atoms with Crippen molar-refractivity contribution in [1.29, 1.82) is 0 Å². The molecular formula is C14H18N4O2. The van der Waals surface area contributed by atoms with Gasteiger partial charge in [0.1, 0.15) is 5.65 Å². The Morgan fingerprint density at radius 2 is 2.20 bits per heavy atom. The molecule has 1 aliphatic rings. The second kappa shape index (κ2) is 4.79. The molecule has 2 aromatic heterocycles. The molecule has 3 rings (SSSR count). The minimum atomic E-state index is -0.940. The standard InChI is InChI=1S/C14H18N4O2/c1-10-9-17(8-7-16(10)2)13-12(14(19)20)18-6-4-3-5-11(18)15-13/h3-6,10H,7-9H2,1-2H3,(H,19,20). The lowest BCUT2D eigenvalue weighted by Gasteiger charge is -2.38. The predicted octanol–water partition coefficient (Wildman–Crippen LogP) is 1.17. The van der Waals surface area contributed by atoms with Crippen LogP contribution in [0.5, 0.6) is 0 Å². The zero-order valence-corrected chi connectivity index (χ0v) is 11.7. The maximum atomic E-state index is 11.6. The number of carboxylic acid groups (broad SMARTS) is 1. The van der Waals surface area contributed by atoms with Gasteiger partial charge in [-0.3, -0.25) is 4.40 Å². The van der Waals surface area contributed by atoms with Crippen molar-refractivity contribution in [2.24, 2.45) is 0 Å². The summed E-state index contributed by atoms with van der Waals surface area (Å²) < 4.78 is 1.64. The molecule has 1 N–H and O–H groups in total. The monoisotopic (exact) mass is 274 g/mol. The fourth-order valence-corrected chi connectivity index (χ4v) is 2.64. The number of hydrogen-bond donors (Lipinski definition) is 1. The van der Waals surface area contributed by atoms with E-state index in [1.807, 2.05) is 18.2 Å². The third-order valence-electron chi connectivity index (χ3n) is 3.97. The molecule has 0 amide bonds. The number of pyridine rings is 1. The van der Waals surface area contributed by atoms with Gasteiger partial charge in [0.25, 0.3) is 0 Å². The normalized spacial score (nSPS) is 20.5. The zero-order valence-electron chi connectivity index (χ0n) is 11.7. The van der Waals surface area contributed by atoms with Gasteiger partial charge in [-0.1, -0.05) is 6.07 Å². The van der Waals surface area contributed by atoms with Crippen molar-refractivity contribution < 1.29 is 9.90 Å². The van der Waals surface area contributed by atoms with Crippen LogP contribution in [0, 0.1) is 0 Å². The van der Waals surface area contributed by atoms with Crippen molar-refractivity contribution in [1.82, 2.24) is 14.3 Å². The van der Waals surface area contributed by atoms with E-state index in [1.54, 1.807) is 10.6 Å². The van der Waals surface area contributed by atoms with E-state index in [-0.39, 0.29) is 5.69 Å². The van der Waals surface area contributed by atoms with Crippen LogP contribution in [0.4, 0.5) is 5.82 Å². The highest BCUT2D eigenvalue weighted by atomic mass is 16.4. The number of rotatable bonds is 2. The fourth-order valence-electron chi connectivity index (χ4n) is 2.64. The fraction of sp³-hybridized carbons (Fsp3) is 0.429. The molecule has 0 radical (unpaired) electrons. The van der Waals surface area contributed by atoms with Crippen molar-refractivity contribution in [3.05, 3.63) is 30.1 Å². The van der Waals surface area contributed by atoms with Crippen LogP contribution in [0.25, 0.3) is 5.65 Å². The van der Waals surface area contributed by atoms with Gasteiger partial charge in [-0.2, -0.15) is 0 Å². The summed E-state index contributed by atoms with van der Waals surface area (Å²) in [6.45, 7) is 4.64. The van der Waals surface area contributed by atoms with E-state index in [9.17, 15) is 9.90 Å². The molecule has 0 aromatic carbocycles. The molecular weight excluding hydrogens is 256 g/mol. The van der Waals surface area contributed by atoms with Gasteiger partial charge >= 0.3 is 5.97 Å². The van der Waals surface area contributed by atoms with Crippen LogP contribution in [0.3, 0.4) is 0 Å². The highest BCUT2D eigenvalue weighted by molar-refractivity contribution is 5.93. The van der Waals surface area contributed by atoms with Crippen molar-refractivity contribution >= 4 is 17.4 Å². The number of imidazole rings is 1. The highest BCUT2D eigenvalue weighted by Crippen LogP contribution is 2.24. The molecule has 1 fully saturated rings.